The Balaban J connectivity index is 2.45. The van der Waals surface area contributed by atoms with Gasteiger partial charge in [-0.3, -0.25) is 4.57 Å². The fraction of sp³-hybridized carbons (Fsp3) is 0.143. The van der Waals surface area contributed by atoms with Crippen LogP contribution in [0.1, 0.15) is 6.92 Å². The van der Waals surface area contributed by atoms with Crippen LogP contribution in [-0.4, -0.2) is 6.61 Å². The maximum atomic E-state index is 13.0. The van der Waals surface area contributed by atoms with Gasteiger partial charge in [-0.1, -0.05) is 36.4 Å². The van der Waals surface area contributed by atoms with Gasteiger partial charge in [0.1, 0.15) is 0 Å². The zero-order chi connectivity index (χ0) is 12.8. The van der Waals surface area contributed by atoms with Gasteiger partial charge >= 0.3 is 0 Å². The van der Waals surface area contributed by atoms with Crippen molar-refractivity contribution in [1.29, 1.82) is 0 Å². The van der Waals surface area contributed by atoms with Gasteiger partial charge in [-0.2, -0.15) is 4.67 Å². The summed E-state index contributed by atoms with van der Waals surface area (Å²) in [5, 5.41) is 1.26. The Bertz CT molecular complexity index is 482. The van der Waals surface area contributed by atoms with Crippen LogP contribution in [0.25, 0.3) is 0 Å². The second kappa shape index (κ2) is 5.96. The van der Waals surface area contributed by atoms with E-state index < -0.39 is 7.37 Å². The fourth-order valence-electron chi connectivity index (χ4n) is 1.61. The van der Waals surface area contributed by atoms with Crippen LogP contribution in [0.2, 0.25) is 0 Å². The maximum absolute atomic E-state index is 13.0. The topological polar surface area (TPSA) is 35.5 Å². The average Bonchev–Trinajstić information content (AvgIpc) is 2.46. The summed E-state index contributed by atoms with van der Waals surface area (Å²) in [5.41, 5.74) is 0. The van der Waals surface area contributed by atoms with Gasteiger partial charge in [-0.05, 0) is 31.2 Å². The van der Waals surface area contributed by atoms with E-state index in [0.29, 0.717) is 17.2 Å². The van der Waals surface area contributed by atoms with Crippen molar-refractivity contribution >= 4 is 18.0 Å². The Morgan fingerprint density at radius 3 is 1.72 bits per heavy atom. The summed E-state index contributed by atoms with van der Waals surface area (Å²) in [6.45, 7) is 2.14. The molecule has 0 aliphatic heterocycles. The predicted molar refractivity (Wildman–Crippen MR) is 72.5 cm³/mol. The summed E-state index contributed by atoms with van der Waals surface area (Å²) >= 11 is 0. The van der Waals surface area contributed by atoms with Crippen LogP contribution in [0.4, 0.5) is 0 Å². The quantitative estimate of drug-likeness (QED) is 0.472. The molecule has 0 aliphatic rings. The highest BCUT2D eigenvalue weighted by molar-refractivity contribution is 7.74. The minimum atomic E-state index is -3.16. The van der Waals surface area contributed by atoms with Gasteiger partial charge in [0.2, 0.25) is 0 Å². The van der Waals surface area contributed by atoms with Gasteiger partial charge < -0.3 is 0 Å². The molecule has 0 atom stereocenters. The molecule has 2 aromatic carbocycles. The molecule has 0 radical (unpaired) electrons. The number of hydrogen-bond acceptors (Lipinski definition) is 3. The number of hydrogen-bond donors (Lipinski definition) is 0. The molecule has 0 spiro atoms. The minimum Gasteiger partial charge on any atom is -0.280 e. The van der Waals surface area contributed by atoms with E-state index in [1.54, 1.807) is 31.2 Å². The molecule has 3 nitrogen and oxygen atoms in total. The van der Waals surface area contributed by atoms with Gasteiger partial charge in [0.05, 0.1) is 6.61 Å². The van der Waals surface area contributed by atoms with Crippen molar-refractivity contribution in [3.63, 3.8) is 0 Å². The normalized spacial score (nSPS) is 11.4. The molecule has 0 aliphatic carbocycles. The lowest BCUT2D eigenvalue weighted by Gasteiger charge is -2.17. The number of rotatable bonds is 5. The molecule has 18 heavy (non-hydrogen) atoms. The second-order valence-electron chi connectivity index (χ2n) is 3.70. The van der Waals surface area contributed by atoms with E-state index in [1.165, 1.54) is 0 Å². The zero-order valence-corrected chi connectivity index (χ0v) is 11.0. The predicted octanol–water partition coefficient (Wildman–Crippen LogP) is 2.88. The first-order valence-electron chi connectivity index (χ1n) is 5.80. The zero-order valence-electron chi connectivity index (χ0n) is 10.2. The van der Waals surface area contributed by atoms with Crippen LogP contribution >= 0.6 is 7.37 Å². The summed E-state index contributed by atoms with van der Waals surface area (Å²) in [5.74, 6) is 0. The molecule has 0 saturated carbocycles. The van der Waals surface area contributed by atoms with Crippen molar-refractivity contribution in [1.82, 2.24) is 0 Å². The first kappa shape index (κ1) is 13.0. The van der Waals surface area contributed by atoms with Gasteiger partial charge in [0.25, 0.3) is 7.37 Å². The van der Waals surface area contributed by atoms with E-state index in [-0.39, 0.29) is 0 Å². The van der Waals surface area contributed by atoms with Crippen LogP contribution < -0.4 is 10.6 Å². The monoisotopic (exact) mass is 262 g/mol. The van der Waals surface area contributed by atoms with Crippen LogP contribution in [0, 0.1) is 0 Å². The van der Waals surface area contributed by atoms with Gasteiger partial charge in [0.15, 0.2) is 0 Å². The third-order valence-corrected chi connectivity index (χ3v) is 4.74. The van der Waals surface area contributed by atoms with Gasteiger partial charge in [-0.25, -0.2) is 4.89 Å². The smallest absolute Gasteiger partial charge is 0.280 e. The summed E-state index contributed by atoms with van der Waals surface area (Å²) in [6.07, 6.45) is 0. The summed E-state index contributed by atoms with van der Waals surface area (Å²) in [7, 11) is -3.16. The largest absolute Gasteiger partial charge is 0.291 e. The standard InChI is InChI=1S/C14H15O3P/c1-2-16-17-18(15,13-9-5-3-6-10-13)14-11-7-4-8-12-14/h3-12H,2H2,1H3. The first-order valence-corrected chi connectivity index (χ1v) is 7.42. The Morgan fingerprint density at radius 1 is 0.889 bits per heavy atom. The molecule has 94 valence electrons. The van der Waals surface area contributed by atoms with Crippen molar-refractivity contribution in [3.05, 3.63) is 60.7 Å². The van der Waals surface area contributed by atoms with Crippen LogP contribution in [-0.2, 0) is 14.1 Å². The van der Waals surface area contributed by atoms with Crippen molar-refractivity contribution in [2.75, 3.05) is 6.61 Å². The molecule has 4 heteroatoms. The molecule has 0 aromatic heterocycles. The third kappa shape index (κ3) is 2.70. The molecule has 0 heterocycles. The van der Waals surface area contributed by atoms with E-state index >= 15 is 0 Å². The van der Waals surface area contributed by atoms with Crippen LogP contribution in [0.5, 0.6) is 0 Å². The van der Waals surface area contributed by atoms with E-state index in [2.05, 4.69) is 0 Å². The lowest BCUT2D eigenvalue weighted by Crippen LogP contribution is -2.18. The molecule has 0 unspecified atom stereocenters. The average molecular weight is 262 g/mol. The Hall–Kier alpha value is -1.41. The minimum absolute atomic E-state index is 0.351. The van der Waals surface area contributed by atoms with Crippen molar-refractivity contribution in [2.45, 2.75) is 6.92 Å². The molecule has 0 bridgehead atoms. The van der Waals surface area contributed by atoms with E-state index in [4.69, 9.17) is 9.56 Å². The van der Waals surface area contributed by atoms with Crippen LogP contribution in [0.3, 0.4) is 0 Å². The molecule has 0 saturated heterocycles. The lowest BCUT2D eigenvalue weighted by atomic mass is 10.4. The second-order valence-corrected chi connectivity index (χ2v) is 5.99. The van der Waals surface area contributed by atoms with E-state index in [1.807, 2.05) is 36.4 Å². The highest BCUT2D eigenvalue weighted by atomic mass is 31.2. The van der Waals surface area contributed by atoms with Crippen molar-refractivity contribution in [3.8, 4) is 0 Å². The summed E-state index contributed by atoms with van der Waals surface area (Å²) < 4.78 is 18.2. The Morgan fingerprint density at radius 2 is 1.33 bits per heavy atom. The fourth-order valence-corrected chi connectivity index (χ4v) is 3.46. The molecule has 0 amide bonds. The summed E-state index contributed by atoms with van der Waals surface area (Å²) in [6, 6.07) is 18.2. The molecular weight excluding hydrogens is 247 g/mol. The molecule has 0 fully saturated rings. The van der Waals surface area contributed by atoms with Gasteiger partial charge in [-0.15, -0.1) is 0 Å². The molecule has 0 N–H and O–H groups in total. The van der Waals surface area contributed by atoms with Gasteiger partial charge in [0, 0.05) is 10.6 Å². The highest BCUT2D eigenvalue weighted by Crippen LogP contribution is 2.44. The number of benzene rings is 2. The van der Waals surface area contributed by atoms with E-state index in [9.17, 15) is 4.57 Å². The van der Waals surface area contributed by atoms with Crippen molar-refractivity contribution in [2.24, 2.45) is 0 Å². The lowest BCUT2D eigenvalue weighted by molar-refractivity contribution is -0.197. The molecule has 2 aromatic rings. The Labute approximate surface area is 107 Å². The highest BCUT2D eigenvalue weighted by Gasteiger charge is 2.29. The Kier molecular flexibility index (Phi) is 4.32. The van der Waals surface area contributed by atoms with Crippen LogP contribution in [0.15, 0.2) is 60.7 Å². The first-order chi connectivity index (χ1) is 8.77. The molecule has 2 rings (SSSR count). The third-order valence-electron chi connectivity index (χ3n) is 2.47. The molecular formula is C14H15O3P. The SMILES string of the molecule is CCOOP(=O)(c1ccccc1)c1ccccc1. The van der Waals surface area contributed by atoms with Crippen molar-refractivity contribution < 1.29 is 14.1 Å². The summed E-state index contributed by atoms with van der Waals surface area (Å²) in [4.78, 5) is 4.94. The maximum Gasteiger partial charge on any atom is 0.291 e. The van der Waals surface area contributed by atoms with E-state index in [0.717, 1.165) is 0 Å².